The molecule has 0 saturated heterocycles. The van der Waals surface area contributed by atoms with Gasteiger partial charge < -0.3 is 11.1 Å². The van der Waals surface area contributed by atoms with Crippen LogP contribution in [0.25, 0.3) is 0 Å². The van der Waals surface area contributed by atoms with Gasteiger partial charge in [0.05, 0.1) is 12.1 Å². The maximum absolute atomic E-state index is 11.4. The van der Waals surface area contributed by atoms with Crippen molar-refractivity contribution in [3.8, 4) is 0 Å². The number of aryl methyl sites for hydroxylation is 2. The Morgan fingerprint density at radius 3 is 2.47 bits per heavy atom. The van der Waals surface area contributed by atoms with E-state index in [1.54, 1.807) is 18.3 Å². The van der Waals surface area contributed by atoms with E-state index in [2.05, 4.69) is 25.2 Å². The molecule has 1 heterocycles. The van der Waals surface area contributed by atoms with Crippen molar-refractivity contribution in [1.29, 1.82) is 0 Å². The lowest BCUT2D eigenvalue weighted by Gasteiger charge is -2.15. The second-order valence-corrected chi connectivity index (χ2v) is 5.35. The molecule has 3 N–H and O–H groups in total. The van der Waals surface area contributed by atoms with Gasteiger partial charge in [0, 0.05) is 9.75 Å². The number of carbonyl (C=O) groups excluding carboxylic acids is 1. The molecule has 84 valence electrons. The summed E-state index contributed by atoms with van der Waals surface area (Å²) in [6.07, 6.45) is 0. The van der Waals surface area contributed by atoms with Crippen molar-refractivity contribution in [2.75, 3.05) is 0 Å². The molecular weight excluding hydrogens is 208 g/mol. The van der Waals surface area contributed by atoms with Gasteiger partial charge in [-0.1, -0.05) is 0 Å². The van der Waals surface area contributed by atoms with Gasteiger partial charge in [0.25, 0.3) is 0 Å². The van der Waals surface area contributed by atoms with Gasteiger partial charge in [-0.3, -0.25) is 4.79 Å². The molecule has 1 rings (SSSR count). The summed E-state index contributed by atoms with van der Waals surface area (Å²) in [6.45, 7) is 7.81. The number of rotatable bonds is 3. The fourth-order valence-electron chi connectivity index (χ4n) is 1.50. The van der Waals surface area contributed by atoms with Crippen molar-refractivity contribution >= 4 is 17.2 Å². The second-order valence-electron chi connectivity index (χ2n) is 3.89. The Morgan fingerprint density at radius 2 is 2.07 bits per heavy atom. The minimum atomic E-state index is -0.451. The molecule has 2 atom stereocenters. The first-order chi connectivity index (χ1) is 6.91. The van der Waals surface area contributed by atoms with E-state index >= 15 is 0 Å². The minimum Gasteiger partial charge on any atom is -0.348 e. The van der Waals surface area contributed by atoms with Crippen LogP contribution in [-0.4, -0.2) is 11.9 Å². The summed E-state index contributed by atoms with van der Waals surface area (Å²) in [5, 5.41) is 2.89. The molecule has 0 aliphatic rings. The highest BCUT2D eigenvalue weighted by Gasteiger charge is 2.15. The first-order valence-electron chi connectivity index (χ1n) is 5.04. The molecule has 0 fully saturated rings. The molecule has 1 aromatic heterocycles. The molecule has 2 unspecified atom stereocenters. The Kier molecular flexibility index (Phi) is 3.88. The third-order valence-electron chi connectivity index (χ3n) is 2.32. The third-order valence-corrected chi connectivity index (χ3v) is 3.30. The summed E-state index contributed by atoms with van der Waals surface area (Å²) in [6, 6.07) is 1.70. The molecular formula is C11H18N2OS. The van der Waals surface area contributed by atoms with Gasteiger partial charge in [-0.2, -0.15) is 0 Å². The van der Waals surface area contributed by atoms with Crippen molar-refractivity contribution < 1.29 is 4.79 Å². The normalized spacial score (nSPS) is 14.7. The Hall–Kier alpha value is -0.870. The Bertz CT molecular complexity index is 357. The van der Waals surface area contributed by atoms with Crippen molar-refractivity contribution in [2.24, 2.45) is 5.73 Å². The van der Waals surface area contributed by atoms with Gasteiger partial charge in [-0.25, -0.2) is 0 Å². The van der Waals surface area contributed by atoms with Crippen molar-refractivity contribution in [2.45, 2.75) is 39.8 Å². The molecule has 1 aromatic rings. The van der Waals surface area contributed by atoms with Crippen LogP contribution in [0.15, 0.2) is 6.07 Å². The van der Waals surface area contributed by atoms with Crippen LogP contribution < -0.4 is 11.1 Å². The molecule has 0 aromatic carbocycles. The SMILES string of the molecule is Cc1cc(C(C)NC(=O)C(C)N)c(C)s1. The molecule has 0 radical (unpaired) electrons. The van der Waals surface area contributed by atoms with E-state index in [4.69, 9.17) is 5.73 Å². The van der Waals surface area contributed by atoms with E-state index in [0.29, 0.717) is 0 Å². The van der Waals surface area contributed by atoms with Crippen LogP contribution in [0.3, 0.4) is 0 Å². The predicted octanol–water partition coefficient (Wildman–Crippen LogP) is 1.89. The molecule has 4 heteroatoms. The highest BCUT2D eigenvalue weighted by Crippen LogP contribution is 2.25. The van der Waals surface area contributed by atoms with Gasteiger partial charge in [-0.05, 0) is 39.3 Å². The zero-order chi connectivity index (χ0) is 11.6. The van der Waals surface area contributed by atoms with Gasteiger partial charge in [0.1, 0.15) is 0 Å². The molecule has 1 amide bonds. The number of hydrogen-bond donors (Lipinski definition) is 2. The van der Waals surface area contributed by atoms with Crippen molar-refractivity contribution in [3.63, 3.8) is 0 Å². The summed E-state index contributed by atoms with van der Waals surface area (Å²) in [5.41, 5.74) is 6.68. The van der Waals surface area contributed by atoms with Gasteiger partial charge >= 0.3 is 0 Å². The Morgan fingerprint density at radius 1 is 1.47 bits per heavy atom. The summed E-state index contributed by atoms with van der Waals surface area (Å²) in [7, 11) is 0. The fourth-order valence-corrected chi connectivity index (χ4v) is 2.53. The molecule has 3 nitrogen and oxygen atoms in total. The summed E-state index contributed by atoms with van der Waals surface area (Å²) in [4.78, 5) is 13.9. The Balaban J connectivity index is 2.73. The highest BCUT2D eigenvalue weighted by molar-refractivity contribution is 7.12. The van der Waals surface area contributed by atoms with E-state index in [0.717, 1.165) is 0 Å². The first-order valence-corrected chi connectivity index (χ1v) is 5.86. The highest BCUT2D eigenvalue weighted by atomic mass is 32.1. The molecule has 0 bridgehead atoms. The standard InChI is InChI=1S/C11H18N2OS/c1-6-5-10(9(4)15-6)8(3)13-11(14)7(2)12/h5,7-8H,12H2,1-4H3,(H,13,14). The van der Waals surface area contributed by atoms with E-state index in [-0.39, 0.29) is 11.9 Å². The zero-order valence-corrected chi connectivity index (χ0v) is 10.4. The number of hydrogen-bond acceptors (Lipinski definition) is 3. The lowest BCUT2D eigenvalue weighted by Crippen LogP contribution is -2.39. The van der Waals surface area contributed by atoms with Crippen molar-refractivity contribution in [3.05, 3.63) is 21.4 Å². The van der Waals surface area contributed by atoms with Crippen LogP contribution in [0.5, 0.6) is 0 Å². The summed E-state index contributed by atoms with van der Waals surface area (Å²) < 4.78 is 0. The fraction of sp³-hybridized carbons (Fsp3) is 0.545. The average Bonchev–Trinajstić information content (AvgIpc) is 2.44. The summed E-state index contributed by atoms with van der Waals surface area (Å²) in [5.74, 6) is -0.106. The van der Waals surface area contributed by atoms with E-state index in [1.165, 1.54) is 15.3 Å². The molecule has 0 spiro atoms. The number of nitrogens with one attached hydrogen (secondary N) is 1. The monoisotopic (exact) mass is 226 g/mol. The second kappa shape index (κ2) is 4.77. The molecule has 0 saturated carbocycles. The maximum Gasteiger partial charge on any atom is 0.237 e. The molecule has 15 heavy (non-hydrogen) atoms. The summed E-state index contributed by atoms with van der Waals surface area (Å²) >= 11 is 1.75. The van der Waals surface area contributed by atoms with E-state index in [9.17, 15) is 4.79 Å². The first kappa shape index (κ1) is 12.2. The van der Waals surface area contributed by atoms with Crippen LogP contribution in [-0.2, 0) is 4.79 Å². The third kappa shape index (κ3) is 3.04. The van der Waals surface area contributed by atoms with Crippen LogP contribution in [0.2, 0.25) is 0 Å². The molecule has 0 aliphatic heterocycles. The van der Waals surface area contributed by atoms with Crippen LogP contribution in [0.1, 0.15) is 35.2 Å². The van der Waals surface area contributed by atoms with E-state index < -0.39 is 6.04 Å². The smallest absolute Gasteiger partial charge is 0.237 e. The topological polar surface area (TPSA) is 55.1 Å². The van der Waals surface area contributed by atoms with E-state index in [1.807, 2.05) is 6.92 Å². The predicted molar refractivity (Wildman–Crippen MR) is 64.0 cm³/mol. The average molecular weight is 226 g/mol. The number of nitrogens with two attached hydrogens (primary N) is 1. The Labute approximate surface area is 94.7 Å². The number of carbonyl (C=O) groups is 1. The minimum absolute atomic E-state index is 0.0356. The van der Waals surface area contributed by atoms with Crippen LogP contribution in [0.4, 0.5) is 0 Å². The largest absolute Gasteiger partial charge is 0.348 e. The van der Waals surface area contributed by atoms with Gasteiger partial charge in [0.15, 0.2) is 0 Å². The van der Waals surface area contributed by atoms with Crippen LogP contribution in [0, 0.1) is 13.8 Å². The lowest BCUT2D eigenvalue weighted by atomic mass is 10.1. The van der Waals surface area contributed by atoms with Gasteiger partial charge in [-0.15, -0.1) is 11.3 Å². The quantitative estimate of drug-likeness (QED) is 0.827. The van der Waals surface area contributed by atoms with Crippen molar-refractivity contribution in [1.82, 2.24) is 5.32 Å². The molecule has 0 aliphatic carbocycles. The van der Waals surface area contributed by atoms with Gasteiger partial charge in [0.2, 0.25) is 5.91 Å². The number of amides is 1. The maximum atomic E-state index is 11.4. The lowest BCUT2D eigenvalue weighted by molar-refractivity contribution is -0.122. The van der Waals surface area contributed by atoms with Crippen LogP contribution >= 0.6 is 11.3 Å². The number of thiophene rings is 1. The zero-order valence-electron chi connectivity index (χ0n) is 9.63.